The predicted octanol–water partition coefficient (Wildman–Crippen LogP) is 4.15. The van der Waals surface area contributed by atoms with Crippen LogP contribution < -0.4 is 10.1 Å². The first-order chi connectivity index (χ1) is 13.0. The number of benzene rings is 2. The molecule has 0 aliphatic carbocycles. The van der Waals surface area contributed by atoms with Crippen LogP contribution in [0.15, 0.2) is 48.8 Å². The normalized spacial score (nSPS) is 11.0. The summed E-state index contributed by atoms with van der Waals surface area (Å²) < 4.78 is 34.0. The van der Waals surface area contributed by atoms with Crippen molar-refractivity contribution in [3.05, 3.63) is 66.3 Å². The number of methoxy groups -OCH3 is 1. The highest BCUT2D eigenvalue weighted by Gasteiger charge is 2.15. The summed E-state index contributed by atoms with van der Waals surface area (Å²) in [6.45, 7) is 1.74. The fourth-order valence-electron chi connectivity index (χ4n) is 2.83. The lowest BCUT2D eigenvalue weighted by molar-refractivity contribution is 0.415. The quantitative estimate of drug-likeness (QED) is 0.587. The number of ether oxygens (including phenoxy) is 1. The van der Waals surface area contributed by atoms with Gasteiger partial charge >= 0.3 is 0 Å². The van der Waals surface area contributed by atoms with Gasteiger partial charge in [-0.15, -0.1) is 0 Å². The summed E-state index contributed by atoms with van der Waals surface area (Å²) in [5.74, 6) is 0.361. The van der Waals surface area contributed by atoms with E-state index in [0.29, 0.717) is 28.5 Å². The van der Waals surface area contributed by atoms with Gasteiger partial charge in [0.25, 0.3) is 0 Å². The molecule has 4 aromatic rings. The third-order valence-corrected chi connectivity index (χ3v) is 4.08. The average molecular weight is 367 g/mol. The molecule has 0 saturated carbocycles. The number of hydrogen-bond donors (Lipinski definition) is 1. The van der Waals surface area contributed by atoms with E-state index in [1.54, 1.807) is 24.8 Å². The molecule has 4 rings (SSSR count). The molecule has 2 heterocycles. The molecular formula is C19H15F2N5O. The molecule has 0 bridgehead atoms. The van der Waals surface area contributed by atoms with Crippen LogP contribution in [0.5, 0.6) is 5.75 Å². The Kier molecular flexibility index (Phi) is 4.15. The summed E-state index contributed by atoms with van der Waals surface area (Å²) in [5, 5.41) is 3.15. The Morgan fingerprint density at radius 2 is 1.74 bits per heavy atom. The van der Waals surface area contributed by atoms with Gasteiger partial charge in [-0.25, -0.2) is 18.7 Å². The van der Waals surface area contributed by atoms with E-state index < -0.39 is 11.6 Å². The van der Waals surface area contributed by atoms with E-state index >= 15 is 0 Å². The van der Waals surface area contributed by atoms with E-state index in [2.05, 4.69) is 20.3 Å². The number of rotatable bonds is 4. The van der Waals surface area contributed by atoms with Crippen LogP contribution in [-0.2, 0) is 0 Å². The number of nitrogens with zero attached hydrogens (tertiary/aromatic N) is 4. The lowest BCUT2D eigenvalue weighted by Crippen LogP contribution is -2.04. The number of aryl methyl sites for hydroxylation is 1. The fourth-order valence-corrected chi connectivity index (χ4v) is 2.83. The van der Waals surface area contributed by atoms with Crippen molar-refractivity contribution in [2.75, 3.05) is 12.4 Å². The number of anilines is 2. The zero-order valence-corrected chi connectivity index (χ0v) is 14.6. The molecule has 2 aromatic carbocycles. The Hall–Kier alpha value is -3.55. The van der Waals surface area contributed by atoms with Crippen molar-refractivity contribution in [3.8, 4) is 11.6 Å². The molecule has 0 fully saturated rings. The first-order valence-electron chi connectivity index (χ1n) is 8.13. The van der Waals surface area contributed by atoms with Gasteiger partial charge < -0.3 is 10.1 Å². The van der Waals surface area contributed by atoms with Crippen LogP contribution in [0.2, 0.25) is 0 Å². The average Bonchev–Trinajstić information content (AvgIpc) is 2.97. The van der Waals surface area contributed by atoms with E-state index in [4.69, 9.17) is 4.74 Å². The Labute approximate surface area is 153 Å². The lowest BCUT2D eigenvalue weighted by atomic mass is 10.3. The van der Waals surface area contributed by atoms with E-state index in [1.807, 2.05) is 24.3 Å². The standard InChI is InChI=1S/C19H15F2N5O/c1-11-23-16-7-14(20)15(21)8-17(16)26(11)19-10-22-9-18(25-19)24-12-3-5-13(27-2)6-4-12/h3-10H,1-2H3,(H,24,25). The smallest absolute Gasteiger partial charge is 0.161 e. The van der Waals surface area contributed by atoms with Gasteiger partial charge in [0.05, 0.1) is 30.5 Å². The van der Waals surface area contributed by atoms with Crippen molar-refractivity contribution in [2.45, 2.75) is 6.92 Å². The SMILES string of the molecule is COc1ccc(Nc2cncc(-n3c(C)nc4cc(F)c(F)cc43)n2)cc1. The molecule has 1 N–H and O–H groups in total. The molecule has 0 aliphatic rings. The molecule has 136 valence electrons. The number of imidazole rings is 1. The van der Waals surface area contributed by atoms with Crippen LogP contribution >= 0.6 is 0 Å². The van der Waals surface area contributed by atoms with Crippen LogP contribution in [0.3, 0.4) is 0 Å². The minimum absolute atomic E-state index is 0.349. The minimum Gasteiger partial charge on any atom is -0.497 e. The third-order valence-electron chi connectivity index (χ3n) is 4.08. The second kappa shape index (κ2) is 6.64. The summed E-state index contributed by atoms with van der Waals surface area (Å²) in [5.41, 5.74) is 1.58. The maximum Gasteiger partial charge on any atom is 0.161 e. The Morgan fingerprint density at radius 1 is 1.00 bits per heavy atom. The number of hydrogen-bond acceptors (Lipinski definition) is 5. The first-order valence-corrected chi connectivity index (χ1v) is 8.13. The van der Waals surface area contributed by atoms with Crippen molar-refractivity contribution in [1.82, 2.24) is 19.5 Å². The summed E-state index contributed by atoms with van der Waals surface area (Å²) in [4.78, 5) is 13.0. The van der Waals surface area contributed by atoms with Gasteiger partial charge in [-0.3, -0.25) is 9.55 Å². The number of aromatic nitrogens is 4. The zero-order valence-electron chi connectivity index (χ0n) is 14.6. The highest BCUT2D eigenvalue weighted by atomic mass is 19.2. The van der Waals surface area contributed by atoms with Crippen LogP contribution in [0.1, 0.15) is 5.82 Å². The van der Waals surface area contributed by atoms with E-state index in [1.165, 1.54) is 6.20 Å². The van der Waals surface area contributed by atoms with Crippen LogP contribution in [0.25, 0.3) is 16.9 Å². The molecule has 0 spiro atoms. The second-order valence-electron chi connectivity index (χ2n) is 5.87. The highest BCUT2D eigenvalue weighted by molar-refractivity contribution is 5.78. The molecule has 0 atom stereocenters. The van der Waals surface area contributed by atoms with Crippen LogP contribution in [0, 0.1) is 18.6 Å². The molecule has 0 aliphatic heterocycles. The van der Waals surface area contributed by atoms with Gasteiger partial charge in [0.15, 0.2) is 23.3 Å². The summed E-state index contributed by atoms with van der Waals surface area (Å²) in [6.07, 6.45) is 3.11. The summed E-state index contributed by atoms with van der Waals surface area (Å²) in [6, 6.07) is 9.53. The lowest BCUT2D eigenvalue weighted by Gasteiger charge is -2.10. The maximum atomic E-state index is 13.7. The Bertz CT molecular complexity index is 1130. The van der Waals surface area contributed by atoms with Crippen molar-refractivity contribution in [2.24, 2.45) is 0 Å². The second-order valence-corrected chi connectivity index (χ2v) is 5.87. The maximum absolute atomic E-state index is 13.7. The largest absolute Gasteiger partial charge is 0.497 e. The molecule has 2 aromatic heterocycles. The first kappa shape index (κ1) is 16.9. The molecule has 0 saturated heterocycles. The molecule has 0 amide bonds. The molecule has 0 unspecified atom stereocenters. The van der Waals surface area contributed by atoms with E-state index in [9.17, 15) is 8.78 Å². The Morgan fingerprint density at radius 3 is 2.48 bits per heavy atom. The van der Waals surface area contributed by atoms with Crippen LogP contribution in [-0.4, -0.2) is 26.6 Å². The van der Waals surface area contributed by atoms with Crippen molar-refractivity contribution in [1.29, 1.82) is 0 Å². The van der Waals surface area contributed by atoms with Gasteiger partial charge in [-0.05, 0) is 31.2 Å². The number of fused-ring (bicyclic) bond motifs is 1. The van der Waals surface area contributed by atoms with Gasteiger partial charge in [0.1, 0.15) is 11.6 Å². The topological polar surface area (TPSA) is 64.9 Å². The molecule has 27 heavy (non-hydrogen) atoms. The van der Waals surface area contributed by atoms with E-state index in [-0.39, 0.29) is 0 Å². The molecule has 6 nitrogen and oxygen atoms in total. The van der Waals surface area contributed by atoms with Crippen molar-refractivity contribution in [3.63, 3.8) is 0 Å². The predicted molar refractivity (Wildman–Crippen MR) is 97.6 cm³/mol. The van der Waals surface area contributed by atoms with Gasteiger partial charge in [-0.2, -0.15) is 0 Å². The van der Waals surface area contributed by atoms with Crippen molar-refractivity contribution >= 4 is 22.5 Å². The third kappa shape index (κ3) is 3.17. The summed E-state index contributed by atoms with van der Waals surface area (Å²) in [7, 11) is 1.60. The molecular weight excluding hydrogens is 352 g/mol. The monoisotopic (exact) mass is 367 g/mol. The number of nitrogens with one attached hydrogen (secondary N) is 1. The highest BCUT2D eigenvalue weighted by Crippen LogP contribution is 2.24. The molecule has 8 heteroatoms. The summed E-state index contributed by atoms with van der Waals surface area (Å²) >= 11 is 0. The van der Waals surface area contributed by atoms with E-state index in [0.717, 1.165) is 23.6 Å². The van der Waals surface area contributed by atoms with Gasteiger partial charge in [0.2, 0.25) is 0 Å². The van der Waals surface area contributed by atoms with Gasteiger partial charge in [0, 0.05) is 17.8 Å². The zero-order chi connectivity index (χ0) is 19.0. The van der Waals surface area contributed by atoms with Gasteiger partial charge in [-0.1, -0.05) is 0 Å². The molecule has 0 radical (unpaired) electrons. The Balaban J connectivity index is 1.73. The fraction of sp³-hybridized carbons (Fsp3) is 0.105. The minimum atomic E-state index is -0.941. The van der Waals surface area contributed by atoms with Crippen LogP contribution in [0.4, 0.5) is 20.3 Å². The van der Waals surface area contributed by atoms with Crippen molar-refractivity contribution < 1.29 is 13.5 Å². The number of halogens is 2.